The van der Waals surface area contributed by atoms with Gasteiger partial charge in [0.15, 0.2) is 0 Å². The van der Waals surface area contributed by atoms with Crippen LogP contribution in [-0.2, 0) is 9.59 Å². The van der Waals surface area contributed by atoms with Gasteiger partial charge in [0.05, 0.1) is 18.1 Å². The number of aromatic amines is 1. The summed E-state index contributed by atoms with van der Waals surface area (Å²) >= 11 is 0. The smallest absolute Gasteiger partial charge is 0.290 e. The Morgan fingerprint density at radius 1 is 1.29 bits per heavy atom. The third kappa shape index (κ3) is 2.89. The maximum absolute atomic E-state index is 11.9. The molecule has 0 saturated carbocycles. The predicted octanol–water partition coefficient (Wildman–Crippen LogP) is 1.77. The molecule has 1 aliphatic rings. The first kappa shape index (κ1) is 15.5. The van der Waals surface area contributed by atoms with E-state index in [1.807, 2.05) is 36.7 Å². The van der Waals surface area contributed by atoms with Crippen molar-refractivity contribution in [3.05, 3.63) is 60.3 Å². The van der Waals surface area contributed by atoms with Crippen LogP contribution in [0.25, 0.3) is 5.69 Å². The van der Waals surface area contributed by atoms with Crippen LogP contribution in [0.3, 0.4) is 0 Å². The van der Waals surface area contributed by atoms with E-state index in [0.29, 0.717) is 12.2 Å². The first-order valence-corrected chi connectivity index (χ1v) is 7.23. The summed E-state index contributed by atoms with van der Waals surface area (Å²) in [6.45, 7) is -0.250. The standard InChI is InChI=1S/C15H13N5O.CH2O2/c21-14-7-11(12-9-17-19-15(12)18-14)13-4-2-6-20(13)10-3-1-5-16-8-10;2-1-3/h1-6,8-9,11H,7H2,(H2,17,18,19,21);1H,(H,2,3). The fraction of sp³-hybridized carbons (Fsp3) is 0.125. The normalized spacial score (nSPS) is 15.7. The van der Waals surface area contributed by atoms with Gasteiger partial charge in [-0.15, -0.1) is 0 Å². The van der Waals surface area contributed by atoms with Crippen LogP contribution >= 0.6 is 0 Å². The minimum atomic E-state index is -0.250. The van der Waals surface area contributed by atoms with E-state index >= 15 is 0 Å². The molecule has 8 heteroatoms. The molecule has 1 atom stereocenters. The zero-order valence-electron chi connectivity index (χ0n) is 12.6. The van der Waals surface area contributed by atoms with Gasteiger partial charge in [-0.3, -0.25) is 19.7 Å². The summed E-state index contributed by atoms with van der Waals surface area (Å²) < 4.78 is 2.06. The Morgan fingerprint density at radius 2 is 2.12 bits per heavy atom. The third-order valence-electron chi connectivity index (χ3n) is 3.76. The van der Waals surface area contributed by atoms with Crippen molar-refractivity contribution in [3.63, 3.8) is 0 Å². The maximum atomic E-state index is 11.9. The number of pyridine rings is 1. The van der Waals surface area contributed by atoms with Crippen LogP contribution in [0.1, 0.15) is 23.6 Å². The van der Waals surface area contributed by atoms with Crippen LogP contribution < -0.4 is 5.32 Å². The van der Waals surface area contributed by atoms with Gasteiger partial charge in [-0.05, 0) is 24.3 Å². The average Bonchev–Trinajstić information content (AvgIpc) is 3.24. The molecule has 3 aromatic heterocycles. The Bertz CT molecular complexity index is 840. The number of amides is 1. The van der Waals surface area contributed by atoms with Crippen molar-refractivity contribution in [3.8, 4) is 5.69 Å². The molecule has 0 fully saturated rings. The number of H-pyrrole nitrogens is 1. The predicted molar refractivity (Wildman–Crippen MR) is 85.9 cm³/mol. The number of hydrogen-bond donors (Lipinski definition) is 3. The van der Waals surface area contributed by atoms with Crippen LogP contribution in [0.5, 0.6) is 0 Å². The van der Waals surface area contributed by atoms with Gasteiger partial charge in [0.25, 0.3) is 6.47 Å². The highest BCUT2D eigenvalue weighted by Crippen LogP contribution is 2.36. The third-order valence-corrected chi connectivity index (χ3v) is 3.76. The number of carbonyl (C=O) groups excluding carboxylic acids is 1. The fourth-order valence-corrected chi connectivity index (χ4v) is 2.82. The van der Waals surface area contributed by atoms with Crippen molar-refractivity contribution in [2.45, 2.75) is 12.3 Å². The van der Waals surface area contributed by atoms with Gasteiger partial charge in [-0.25, -0.2) is 0 Å². The van der Waals surface area contributed by atoms with Gasteiger partial charge < -0.3 is 15.0 Å². The van der Waals surface area contributed by atoms with Crippen molar-refractivity contribution in [1.29, 1.82) is 0 Å². The number of fused-ring (bicyclic) bond motifs is 1. The largest absolute Gasteiger partial charge is 0.483 e. The highest BCUT2D eigenvalue weighted by molar-refractivity contribution is 5.94. The van der Waals surface area contributed by atoms with Crippen molar-refractivity contribution in [2.75, 3.05) is 5.32 Å². The van der Waals surface area contributed by atoms with Crippen molar-refractivity contribution in [1.82, 2.24) is 19.7 Å². The van der Waals surface area contributed by atoms with Crippen LogP contribution in [-0.4, -0.2) is 37.2 Å². The number of hydrogen-bond acceptors (Lipinski definition) is 4. The molecule has 122 valence electrons. The summed E-state index contributed by atoms with van der Waals surface area (Å²) in [5, 5.41) is 16.6. The van der Waals surface area contributed by atoms with E-state index in [-0.39, 0.29) is 18.3 Å². The Labute approximate surface area is 137 Å². The molecule has 0 saturated heterocycles. The molecule has 1 unspecified atom stereocenters. The molecule has 4 heterocycles. The minimum absolute atomic E-state index is 0.00399. The second kappa shape index (κ2) is 6.78. The molecule has 0 spiro atoms. The van der Waals surface area contributed by atoms with Gasteiger partial charge in [-0.2, -0.15) is 5.10 Å². The lowest BCUT2D eigenvalue weighted by Crippen LogP contribution is -2.24. The first-order chi connectivity index (χ1) is 11.7. The lowest BCUT2D eigenvalue weighted by Gasteiger charge is -2.23. The zero-order valence-corrected chi connectivity index (χ0v) is 12.6. The number of nitrogens with zero attached hydrogens (tertiary/aromatic N) is 3. The molecule has 24 heavy (non-hydrogen) atoms. The summed E-state index contributed by atoms with van der Waals surface area (Å²) in [4.78, 5) is 24.4. The molecule has 0 bridgehead atoms. The summed E-state index contributed by atoms with van der Waals surface area (Å²) in [5.74, 6) is 0.675. The SMILES string of the molecule is O=C1CC(c2cccn2-c2cccnc2)c2cn[nH]c2N1.O=CO. The van der Waals surface area contributed by atoms with E-state index in [1.165, 1.54) is 0 Å². The number of aromatic nitrogens is 4. The Hall–Kier alpha value is -3.42. The van der Waals surface area contributed by atoms with Crippen LogP contribution in [0.2, 0.25) is 0 Å². The molecular formula is C16H15N5O3. The summed E-state index contributed by atoms with van der Waals surface area (Å²) in [7, 11) is 0. The summed E-state index contributed by atoms with van der Waals surface area (Å²) in [6, 6.07) is 7.91. The van der Waals surface area contributed by atoms with Gasteiger partial charge in [0.1, 0.15) is 5.82 Å². The molecule has 1 aliphatic heterocycles. The molecule has 0 aliphatic carbocycles. The molecule has 8 nitrogen and oxygen atoms in total. The molecule has 3 aromatic rings. The summed E-state index contributed by atoms with van der Waals surface area (Å²) in [6.07, 6.45) is 7.73. The van der Waals surface area contributed by atoms with Gasteiger partial charge >= 0.3 is 0 Å². The quantitative estimate of drug-likeness (QED) is 0.622. The number of carbonyl (C=O) groups is 2. The monoisotopic (exact) mass is 325 g/mol. The van der Waals surface area contributed by atoms with E-state index < -0.39 is 0 Å². The second-order valence-electron chi connectivity index (χ2n) is 5.12. The van der Waals surface area contributed by atoms with Crippen molar-refractivity contribution >= 4 is 18.2 Å². The first-order valence-electron chi connectivity index (χ1n) is 7.23. The number of nitrogens with one attached hydrogen (secondary N) is 2. The van der Waals surface area contributed by atoms with Gasteiger partial charge in [0.2, 0.25) is 5.91 Å². The maximum Gasteiger partial charge on any atom is 0.290 e. The zero-order chi connectivity index (χ0) is 16.9. The fourth-order valence-electron chi connectivity index (χ4n) is 2.82. The lowest BCUT2D eigenvalue weighted by atomic mass is 9.91. The van der Waals surface area contributed by atoms with Crippen LogP contribution in [0, 0.1) is 0 Å². The van der Waals surface area contributed by atoms with Crippen molar-refractivity contribution < 1.29 is 14.7 Å². The van der Waals surface area contributed by atoms with Gasteiger partial charge in [-0.1, -0.05) is 0 Å². The van der Waals surface area contributed by atoms with E-state index in [4.69, 9.17) is 9.90 Å². The Morgan fingerprint density at radius 3 is 2.88 bits per heavy atom. The number of carboxylic acid groups (broad SMARTS) is 1. The highest BCUT2D eigenvalue weighted by Gasteiger charge is 2.30. The minimum Gasteiger partial charge on any atom is -0.483 e. The molecular weight excluding hydrogens is 310 g/mol. The Kier molecular flexibility index (Phi) is 4.37. The second-order valence-corrected chi connectivity index (χ2v) is 5.12. The van der Waals surface area contributed by atoms with E-state index in [1.54, 1.807) is 12.4 Å². The number of anilines is 1. The van der Waals surface area contributed by atoms with Crippen LogP contribution in [0.15, 0.2) is 49.1 Å². The lowest BCUT2D eigenvalue weighted by molar-refractivity contribution is -0.123. The molecule has 0 aromatic carbocycles. The van der Waals surface area contributed by atoms with Gasteiger partial charge in [0, 0.05) is 36.0 Å². The van der Waals surface area contributed by atoms with E-state index in [9.17, 15) is 4.79 Å². The van der Waals surface area contributed by atoms with E-state index in [2.05, 4.69) is 25.1 Å². The Balaban J connectivity index is 0.000000526. The summed E-state index contributed by atoms with van der Waals surface area (Å²) in [5.41, 5.74) is 3.05. The highest BCUT2D eigenvalue weighted by atomic mass is 16.3. The van der Waals surface area contributed by atoms with Crippen LogP contribution in [0.4, 0.5) is 5.82 Å². The molecule has 3 N–H and O–H groups in total. The van der Waals surface area contributed by atoms with Crippen molar-refractivity contribution in [2.24, 2.45) is 0 Å². The molecule has 4 rings (SSSR count). The molecule has 0 radical (unpaired) electrons. The molecule has 1 amide bonds. The number of rotatable bonds is 2. The van der Waals surface area contributed by atoms with E-state index in [0.717, 1.165) is 16.9 Å². The average molecular weight is 325 g/mol. The topological polar surface area (TPSA) is 113 Å².